The molecule has 0 saturated heterocycles. The molecule has 0 aliphatic heterocycles. The number of ether oxygens (including phenoxy) is 1. The van der Waals surface area contributed by atoms with Gasteiger partial charge in [-0.05, 0) is 36.4 Å². The van der Waals surface area contributed by atoms with Gasteiger partial charge in [-0.2, -0.15) is 0 Å². The first-order chi connectivity index (χ1) is 13.4. The van der Waals surface area contributed by atoms with Crippen LogP contribution in [0.4, 0.5) is 18.9 Å². The Balaban J connectivity index is 1.64. The number of hydrogen-bond acceptors (Lipinski definition) is 4. The number of halogens is 3. The SMILES string of the molecule is COc1ccc2nc(C(=O)NCC(=O)Nc3ccc(F)c(F)c3F)ccc2c1. The van der Waals surface area contributed by atoms with Crippen molar-refractivity contribution >= 4 is 28.4 Å². The van der Waals surface area contributed by atoms with Crippen molar-refractivity contribution in [3.8, 4) is 5.75 Å². The number of carbonyl (C=O) groups is 2. The Hall–Kier alpha value is -3.62. The van der Waals surface area contributed by atoms with Crippen molar-refractivity contribution in [2.75, 3.05) is 19.0 Å². The standard InChI is InChI=1S/C19H14F3N3O3/c1-28-11-3-6-13-10(8-11)2-5-15(24-13)19(27)23-9-16(26)25-14-7-4-12(20)17(21)18(14)22/h2-8H,9H2,1H3,(H,23,27)(H,25,26). The molecule has 2 aromatic carbocycles. The minimum absolute atomic E-state index is 0.0736. The maximum atomic E-state index is 13.6. The highest BCUT2D eigenvalue weighted by Crippen LogP contribution is 2.20. The fraction of sp³-hybridized carbons (Fsp3) is 0.105. The van der Waals surface area contributed by atoms with Crippen molar-refractivity contribution < 1.29 is 27.5 Å². The van der Waals surface area contributed by atoms with E-state index >= 15 is 0 Å². The molecule has 0 unspecified atom stereocenters. The second-order valence-electron chi connectivity index (χ2n) is 5.71. The Morgan fingerprint density at radius 2 is 1.82 bits per heavy atom. The van der Waals surface area contributed by atoms with Crippen LogP contribution in [0.25, 0.3) is 10.9 Å². The van der Waals surface area contributed by atoms with Crippen LogP contribution in [0, 0.1) is 17.5 Å². The molecule has 0 spiro atoms. The molecule has 0 aliphatic rings. The predicted molar refractivity (Wildman–Crippen MR) is 95.6 cm³/mol. The van der Waals surface area contributed by atoms with Gasteiger partial charge in [0, 0.05) is 5.39 Å². The summed E-state index contributed by atoms with van der Waals surface area (Å²) in [4.78, 5) is 28.2. The number of nitrogens with zero attached hydrogens (tertiary/aromatic N) is 1. The minimum atomic E-state index is -1.70. The van der Waals surface area contributed by atoms with Gasteiger partial charge in [0.15, 0.2) is 17.5 Å². The fourth-order valence-corrected chi connectivity index (χ4v) is 2.43. The molecule has 9 heteroatoms. The molecule has 0 aliphatic carbocycles. The van der Waals surface area contributed by atoms with Crippen LogP contribution in [0.5, 0.6) is 5.75 Å². The van der Waals surface area contributed by atoms with Crippen molar-refractivity contribution in [2.45, 2.75) is 0 Å². The van der Waals surface area contributed by atoms with E-state index < -0.39 is 41.5 Å². The number of nitrogens with one attached hydrogen (secondary N) is 2. The number of carbonyl (C=O) groups excluding carboxylic acids is 2. The van der Waals surface area contributed by atoms with Crippen molar-refractivity contribution in [2.24, 2.45) is 0 Å². The van der Waals surface area contributed by atoms with Crippen LogP contribution >= 0.6 is 0 Å². The summed E-state index contributed by atoms with van der Waals surface area (Å²) in [5.41, 5.74) is 0.0992. The van der Waals surface area contributed by atoms with Gasteiger partial charge in [-0.25, -0.2) is 18.2 Å². The zero-order valence-electron chi connectivity index (χ0n) is 14.6. The molecule has 3 rings (SSSR count). The summed E-state index contributed by atoms with van der Waals surface area (Å²) in [6.07, 6.45) is 0. The third-order valence-corrected chi connectivity index (χ3v) is 3.85. The van der Waals surface area contributed by atoms with Crippen LogP contribution in [0.15, 0.2) is 42.5 Å². The maximum absolute atomic E-state index is 13.6. The Labute approximate surface area is 157 Å². The van der Waals surface area contributed by atoms with Gasteiger partial charge in [0.1, 0.15) is 11.4 Å². The van der Waals surface area contributed by atoms with Crippen molar-refractivity contribution in [3.63, 3.8) is 0 Å². The third kappa shape index (κ3) is 4.03. The summed E-state index contributed by atoms with van der Waals surface area (Å²) < 4.78 is 44.7. The lowest BCUT2D eigenvalue weighted by Gasteiger charge is -2.09. The molecule has 1 aromatic heterocycles. The molecule has 0 radical (unpaired) electrons. The molecule has 144 valence electrons. The number of benzene rings is 2. The van der Waals surface area contributed by atoms with E-state index in [9.17, 15) is 22.8 Å². The van der Waals surface area contributed by atoms with Crippen molar-refractivity contribution in [3.05, 3.63) is 65.6 Å². The van der Waals surface area contributed by atoms with E-state index in [1.54, 1.807) is 24.3 Å². The van der Waals surface area contributed by atoms with Crippen LogP contribution in [0.1, 0.15) is 10.5 Å². The normalized spacial score (nSPS) is 10.6. The topological polar surface area (TPSA) is 80.3 Å². The van der Waals surface area contributed by atoms with Crippen molar-refractivity contribution in [1.82, 2.24) is 10.3 Å². The second-order valence-corrected chi connectivity index (χ2v) is 5.71. The van der Waals surface area contributed by atoms with Crippen LogP contribution in [0.3, 0.4) is 0 Å². The van der Waals surface area contributed by atoms with Gasteiger partial charge >= 0.3 is 0 Å². The minimum Gasteiger partial charge on any atom is -0.497 e. The summed E-state index contributed by atoms with van der Waals surface area (Å²) in [6, 6.07) is 9.85. The molecule has 28 heavy (non-hydrogen) atoms. The lowest BCUT2D eigenvalue weighted by molar-refractivity contribution is -0.115. The summed E-state index contributed by atoms with van der Waals surface area (Å²) in [6.45, 7) is -0.514. The largest absolute Gasteiger partial charge is 0.497 e. The van der Waals surface area contributed by atoms with E-state index in [1.807, 2.05) is 0 Å². The molecule has 0 saturated carbocycles. The summed E-state index contributed by atoms with van der Waals surface area (Å²) in [5, 5.41) is 5.15. The van der Waals surface area contributed by atoms with Crippen LogP contribution in [0.2, 0.25) is 0 Å². The number of aromatic nitrogens is 1. The summed E-state index contributed by atoms with van der Waals surface area (Å²) in [7, 11) is 1.54. The maximum Gasteiger partial charge on any atom is 0.270 e. The van der Waals surface area contributed by atoms with Gasteiger partial charge in [-0.1, -0.05) is 6.07 Å². The monoisotopic (exact) mass is 389 g/mol. The number of pyridine rings is 1. The van der Waals surface area contributed by atoms with Crippen LogP contribution in [-0.4, -0.2) is 30.5 Å². The van der Waals surface area contributed by atoms with Gasteiger partial charge in [0.2, 0.25) is 5.91 Å². The number of fused-ring (bicyclic) bond motifs is 1. The highest BCUT2D eigenvalue weighted by Gasteiger charge is 2.16. The molecule has 6 nitrogen and oxygen atoms in total. The Bertz CT molecular complexity index is 1070. The van der Waals surface area contributed by atoms with Crippen molar-refractivity contribution in [1.29, 1.82) is 0 Å². The van der Waals surface area contributed by atoms with E-state index in [2.05, 4.69) is 15.6 Å². The first-order valence-electron chi connectivity index (χ1n) is 8.05. The van der Waals surface area contributed by atoms with Crippen LogP contribution < -0.4 is 15.4 Å². The Morgan fingerprint density at radius 1 is 1.04 bits per heavy atom. The number of hydrogen-bond donors (Lipinski definition) is 2. The van der Waals surface area contributed by atoms with Gasteiger partial charge < -0.3 is 15.4 Å². The Morgan fingerprint density at radius 3 is 2.57 bits per heavy atom. The third-order valence-electron chi connectivity index (χ3n) is 3.85. The zero-order chi connectivity index (χ0) is 20.3. The first kappa shape index (κ1) is 19.2. The molecule has 0 atom stereocenters. The molecule has 2 amide bonds. The number of rotatable bonds is 5. The average Bonchev–Trinajstić information content (AvgIpc) is 2.71. The highest BCUT2D eigenvalue weighted by atomic mass is 19.2. The van der Waals surface area contributed by atoms with Gasteiger partial charge in [-0.3, -0.25) is 9.59 Å². The second kappa shape index (κ2) is 7.95. The van der Waals surface area contributed by atoms with Gasteiger partial charge in [0.25, 0.3) is 5.91 Å². The molecular weight excluding hydrogens is 375 g/mol. The summed E-state index contributed by atoms with van der Waals surface area (Å²) >= 11 is 0. The smallest absolute Gasteiger partial charge is 0.270 e. The van der Waals surface area contributed by atoms with Crippen LogP contribution in [-0.2, 0) is 4.79 Å². The molecule has 2 N–H and O–H groups in total. The molecule has 0 fully saturated rings. The quantitative estimate of drug-likeness (QED) is 0.658. The number of methoxy groups -OCH3 is 1. The molecule has 1 heterocycles. The highest BCUT2D eigenvalue weighted by molar-refractivity contribution is 5.99. The summed E-state index contributed by atoms with van der Waals surface area (Å²) in [5.74, 6) is -5.39. The van der Waals surface area contributed by atoms with E-state index in [1.165, 1.54) is 13.2 Å². The number of anilines is 1. The van der Waals surface area contributed by atoms with E-state index in [0.29, 0.717) is 17.3 Å². The van der Waals surface area contributed by atoms with E-state index in [-0.39, 0.29) is 5.69 Å². The van der Waals surface area contributed by atoms with Gasteiger partial charge in [0.05, 0.1) is 24.9 Å². The first-order valence-corrected chi connectivity index (χ1v) is 8.05. The zero-order valence-corrected chi connectivity index (χ0v) is 14.6. The molecule has 3 aromatic rings. The van der Waals surface area contributed by atoms with E-state index in [4.69, 9.17) is 4.74 Å². The fourth-order valence-electron chi connectivity index (χ4n) is 2.43. The van der Waals surface area contributed by atoms with E-state index in [0.717, 1.165) is 11.5 Å². The number of amides is 2. The average molecular weight is 389 g/mol. The molecular formula is C19H14F3N3O3. The Kier molecular flexibility index (Phi) is 5.44. The van der Waals surface area contributed by atoms with Gasteiger partial charge in [-0.15, -0.1) is 0 Å². The lowest BCUT2D eigenvalue weighted by atomic mass is 10.2. The lowest BCUT2D eigenvalue weighted by Crippen LogP contribution is -2.33. The predicted octanol–water partition coefficient (Wildman–Crippen LogP) is 3.03. The molecule has 0 bridgehead atoms.